The number of benzene rings is 1. The van der Waals surface area contributed by atoms with E-state index in [4.69, 9.17) is 16.3 Å². The van der Waals surface area contributed by atoms with Crippen LogP contribution in [0.1, 0.15) is 32.8 Å². The van der Waals surface area contributed by atoms with Crippen molar-refractivity contribution in [3.8, 4) is 0 Å². The lowest BCUT2D eigenvalue weighted by Crippen LogP contribution is -2.59. The molecule has 1 N–H and O–H groups in total. The van der Waals surface area contributed by atoms with Gasteiger partial charge in [0.2, 0.25) is 5.91 Å². The quantitative estimate of drug-likeness (QED) is 0.802. The van der Waals surface area contributed by atoms with Crippen molar-refractivity contribution in [3.05, 3.63) is 28.8 Å². The number of anilines is 1. The molecule has 7 heteroatoms. The number of nitrogens with zero attached hydrogens (tertiary/aromatic N) is 2. The van der Waals surface area contributed by atoms with Crippen LogP contribution >= 0.6 is 24.0 Å². The average molecular weight is 416 g/mol. The normalized spacial score (nSPS) is 28.0. The number of ether oxygens (including phenoxy) is 1. The second kappa shape index (κ2) is 9.10. The summed E-state index contributed by atoms with van der Waals surface area (Å²) in [6.45, 7) is 10.0. The fraction of sp³-hybridized carbons (Fsp3) is 0.650. The number of rotatable bonds is 5. The maximum absolute atomic E-state index is 13.2. The Morgan fingerprint density at radius 2 is 2.19 bits per heavy atom. The summed E-state index contributed by atoms with van der Waals surface area (Å²) in [5.74, 6) is 0.140. The highest BCUT2D eigenvalue weighted by molar-refractivity contribution is 6.31. The van der Waals surface area contributed by atoms with Gasteiger partial charge >= 0.3 is 0 Å². The zero-order valence-electron chi connectivity index (χ0n) is 16.6. The standard InChI is InChI=1S/C20H30ClN3O2.ClH/c1-5-20(3)13-24(18-8-15(21)6-7-17(18)20)19(25)11-23-10-14(2)22-9-16(23)12-26-4;/h6-8,14,16,22H,5,9-13H2,1-4H3;1H/t14-,16-,20?;/m1./s1. The van der Waals surface area contributed by atoms with Crippen LogP contribution in [0.2, 0.25) is 5.02 Å². The predicted molar refractivity (Wildman–Crippen MR) is 113 cm³/mol. The highest BCUT2D eigenvalue weighted by atomic mass is 35.5. The van der Waals surface area contributed by atoms with Gasteiger partial charge < -0.3 is 15.0 Å². The Labute approximate surface area is 173 Å². The zero-order valence-corrected chi connectivity index (χ0v) is 18.2. The van der Waals surface area contributed by atoms with Gasteiger partial charge in [-0.2, -0.15) is 0 Å². The Bertz CT molecular complexity index is 673. The van der Waals surface area contributed by atoms with Crippen LogP contribution in [-0.2, 0) is 14.9 Å². The van der Waals surface area contributed by atoms with Crippen molar-refractivity contribution in [1.82, 2.24) is 10.2 Å². The molecule has 2 aliphatic heterocycles. The molecule has 1 aromatic rings. The van der Waals surface area contributed by atoms with Crippen LogP contribution in [0.5, 0.6) is 0 Å². The number of halogens is 2. The van der Waals surface area contributed by atoms with Gasteiger partial charge in [-0.25, -0.2) is 0 Å². The largest absolute Gasteiger partial charge is 0.383 e. The van der Waals surface area contributed by atoms with E-state index in [1.165, 1.54) is 5.56 Å². The van der Waals surface area contributed by atoms with Crippen molar-refractivity contribution in [2.45, 2.75) is 44.7 Å². The van der Waals surface area contributed by atoms with Crippen molar-refractivity contribution in [2.75, 3.05) is 44.8 Å². The minimum absolute atomic E-state index is 0. The summed E-state index contributed by atoms with van der Waals surface area (Å²) in [7, 11) is 1.71. The molecule has 2 aliphatic rings. The van der Waals surface area contributed by atoms with E-state index in [-0.39, 0.29) is 29.8 Å². The van der Waals surface area contributed by atoms with E-state index >= 15 is 0 Å². The van der Waals surface area contributed by atoms with Crippen molar-refractivity contribution in [2.24, 2.45) is 0 Å². The first-order valence-electron chi connectivity index (χ1n) is 9.44. The molecule has 1 unspecified atom stereocenters. The third kappa shape index (κ3) is 4.60. The molecular formula is C20H31Cl2N3O2. The summed E-state index contributed by atoms with van der Waals surface area (Å²) in [5.41, 5.74) is 2.18. The summed E-state index contributed by atoms with van der Waals surface area (Å²) in [5, 5.41) is 4.15. The number of carbonyl (C=O) groups is 1. The zero-order chi connectivity index (χ0) is 18.9. The predicted octanol–water partition coefficient (Wildman–Crippen LogP) is 3.08. The molecule has 152 valence electrons. The minimum atomic E-state index is -0.0156. The SMILES string of the molecule is CCC1(C)CN(C(=O)CN2C[C@@H](C)NC[C@@H]2COC)c2cc(Cl)ccc21.Cl. The molecule has 0 aromatic heterocycles. The Morgan fingerprint density at radius 3 is 2.85 bits per heavy atom. The third-order valence-electron chi connectivity index (χ3n) is 5.91. The van der Waals surface area contributed by atoms with Gasteiger partial charge in [0.25, 0.3) is 0 Å². The number of methoxy groups -OCH3 is 1. The minimum Gasteiger partial charge on any atom is -0.383 e. The molecule has 1 fully saturated rings. The maximum Gasteiger partial charge on any atom is 0.241 e. The molecule has 0 bridgehead atoms. The first-order valence-corrected chi connectivity index (χ1v) is 9.82. The number of fused-ring (bicyclic) bond motifs is 1. The molecule has 0 aliphatic carbocycles. The van der Waals surface area contributed by atoms with Crippen molar-refractivity contribution in [3.63, 3.8) is 0 Å². The molecule has 3 atom stereocenters. The van der Waals surface area contributed by atoms with Gasteiger partial charge in [0.1, 0.15) is 0 Å². The van der Waals surface area contributed by atoms with E-state index in [1.807, 2.05) is 17.0 Å². The number of amides is 1. The fourth-order valence-electron chi connectivity index (χ4n) is 4.12. The Hall–Kier alpha value is -0.850. The third-order valence-corrected chi connectivity index (χ3v) is 6.15. The monoisotopic (exact) mass is 415 g/mol. The summed E-state index contributed by atoms with van der Waals surface area (Å²) in [6.07, 6.45) is 0.988. The number of hydrogen-bond acceptors (Lipinski definition) is 4. The topological polar surface area (TPSA) is 44.8 Å². The van der Waals surface area contributed by atoms with Crippen LogP contribution in [0.15, 0.2) is 18.2 Å². The van der Waals surface area contributed by atoms with Crippen LogP contribution in [0.4, 0.5) is 5.69 Å². The number of hydrogen-bond donors (Lipinski definition) is 1. The van der Waals surface area contributed by atoms with Crippen LogP contribution in [0.3, 0.4) is 0 Å². The highest BCUT2D eigenvalue weighted by Crippen LogP contribution is 2.43. The Morgan fingerprint density at radius 1 is 1.44 bits per heavy atom. The first kappa shape index (κ1) is 22.4. The van der Waals surface area contributed by atoms with Crippen LogP contribution in [0, 0.1) is 0 Å². The van der Waals surface area contributed by atoms with Gasteiger partial charge in [0.15, 0.2) is 0 Å². The van der Waals surface area contributed by atoms with Crippen molar-refractivity contribution >= 4 is 35.6 Å². The molecule has 1 aromatic carbocycles. The second-order valence-electron chi connectivity index (χ2n) is 7.90. The van der Waals surface area contributed by atoms with Crippen molar-refractivity contribution in [1.29, 1.82) is 0 Å². The summed E-state index contributed by atoms with van der Waals surface area (Å²) in [6, 6.07) is 6.53. The van der Waals surface area contributed by atoms with Gasteiger partial charge in [0.05, 0.1) is 13.2 Å². The lowest BCUT2D eigenvalue weighted by molar-refractivity contribution is -0.121. The number of nitrogens with one attached hydrogen (secondary N) is 1. The van der Waals surface area contributed by atoms with Crippen LogP contribution in [-0.4, -0.2) is 62.8 Å². The maximum atomic E-state index is 13.2. The Kier molecular flexibility index (Phi) is 7.56. The average Bonchev–Trinajstić information content (AvgIpc) is 2.90. The van der Waals surface area contributed by atoms with Gasteiger partial charge in [-0.15, -0.1) is 12.4 Å². The summed E-state index contributed by atoms with van der Waals surface area (Å²) >= 11 is 6.23. The Balaban J connectivity index is 0.00000261. The van der Waals surface area contributed by atoms with Gasteiger partial charge in [-0.05, 0) is 31.0 Å². The van der Waals surface area contributed by atoms with E-state index in [1.54, 1.807) is 7.11 Å². The number of carbonyl (C=O) groups excluding carboxylic acids is 1. The van der Waals surface area contributed by atoms with E-state index in [0.717, 1.165) is 25.2 Å². The number of piperazine rings is 1. The van der Waals surface area contributed by atoms with E-state index in [0.29, 0.717) is 30.8 Å². The molecule has 5 nitrogen and oxygen atoms in total. The lowest BCUT2D eigenvalue weighted by Gasteiger charge is -2.39. The summed E-state index contributed by atoms with van der Waals surface area (Å²) in [4.78, 5) is 17.4. The first-order chi connectivity index (χ1) is 12.4. The molecule has 0 spiro atoms. The fourth-order valence-corrected chi connectivity index (χ4v) is 4.29. The lowest BCUT2D eigenvalue weighted by atomic mass is 9.82. The van der Waals surface area contributed by atoms with E-state index in [2.05, 4.69) is 37.1 Å². The molecule has 1 saturated heterocycles. The molecular weight excluding hydrogens is 385 g/mol. The summed E-state index contributed by atoms with van der Waals surface area (Å²) < 4.78 is 5.35. The van der Waals surface area contributed by atoms with Gasteiger partial charge in [-0.1, -0.05) is 31.5 Å². The molecule has 0 radical (unpaired) electrons. The van der Waals surface area contributed by atoms with Crippen LogP contribution in [0.25, 0.3) is 0 Å². The molecule has 2 heterocycles. The second-order valence-corrected chi connectivity index (χ2v) is 8.34. The molecule has 0 saturated carbocycles. The van der Waals surface area contributed by atoms with Gasteiger partial charge in [-0.3, -0.25) is 9.69 Å². The van der Waals surface area contributed by atoms with Crippen molar-refractivity contribution < 1.29 is 9.53 Å². The van der Waals surface area contributed by atoms with E-state index < -0.39 is 0 Å². The van der Waals surface area contributed by atoms with Crippen LogP contribution < -0.4 is 10.2 Å². The molecule has 27 heavy (non-hydrogen) atoms. The van der Waals surface area contributed by atoms with E-state index in [9.17, 15) is 4.79 Å². The molecule has 3 rings (SSSR count). The smallest absolute Gasteiger partial charge is 0.241 e. The molecule has 1 amide bonds. The van der Waals surface area contributed by atoms with Gasteiger partial charge in [0, 0.05) is 55.0 Å². The highest BCUT2D eigenvalue weighted by Gasteiger charge is 2.41.